The van der Waals surface area contributed by atoms with Gasteiger partial charge in [-0.1, -0.05) is 0 Å². The van der Waals surface area contributed by atoms with Gasteiger partial charge in [0.2, 0.25) is 0 Å². The number of H-pyrrole nitrogens is 2. The Bertz CT molecular complexity index is 726. The fraction of sp³-hybridized carbons (Fsp3) is 0.533. The normalized spacial score (nSPS) is 16.5. The Labute approximate surface area is 151 Å². The fourth-order valence-electron chi connectivity index (χ4n) is 1.87. The van der Waals surface area contributed by atoms with Crippen molar-refractivity contribution in [2.24, 2.45) is 5.10 Å². The maximum absolute atomic E-state index is 11.8. The SMILES string of the molecule is CC1CC(C(F)(F)F)=NN1.Cc1cc(C(F)(F)F)n[nH]1.Cc1cc(C)[nH]n1. The van der Waals surface area contributed by atoms with E-state index in [9.17, 15) is 26.3 Å². The minimum absolute atomic E-state index is 0.0243. The molecule has 0 saturated carbocycles. The maximum atomic E-state index is 11.8. The highest BCUT2D eigenvalue weighted by molar-refractivity contribution is 5.91. The van der Waals surface area contributed by atoms with E-state index in [1.165, 1.54) is 6.92 Å². The highest BCUT2D eigenvalue weighted by atomic mass is 19.4. The molecule has 3 N–H and O–H groups in total. The molecule has 0 bridgehead atoms. The summed E-state index contributed by atoms with van der Waals surface area (Å²) >= 11 is 0. The van der Waals surface area contributed by atoms with Crippen LogP contribution in [0.15, 0.2) is 17.2 Å². The molecular formula is C15H20F6N6. The molecular weight excluding hydrogens is 378 g/mol. The summed E-state index contributed by atoms with van der Waals surface area (Å²) in [5.74, 6) is 0. The predicted molar refractivity (Wildman–Crippen MR) is 87.1 cm³/mol. The zero-order chi connectivity index (χ0) is 20.8. The van der Waals surface area contributed by atoms with Gasteiger partial charge in [-0.05, 0) is 39.8 Å². The van der Waals surface area contributed by atoms with Crippen molar-refractivity contribution >= 4 is 5.71 Å². The molecule has 1 atom stereocenters. The summed E-state index contributed by atoms with van der Waals surface area (Å²) in [6.45, 7) is 7.12. The van der Waals surface area contributed by atoms with Crippen LogP contribution < -0.4 is 5.43 Å². The number of nitrogens with one attached hydrogen (secondary N) is 3. The predicted octanol–water partition coefficient (Wildman–Crippen LogP) is 4.05. The average Bonchev–Trinajstić information content (AvgIpc) is 3.21. The molecule has 2 aromatic heterocycles. The molecule has 0 aliphatic carbocycles. The van der Waals surface area contributed by atoms with E-state index < -0.39 is 23.8 Å². The van der Waals surface area contributed by atoms with E-state index in [2.05, 4.69) is 30.9 Å². The summed E-state index contributed by atoms with van der Waals surface area (Å²) in [5.41, 5.74) is 3.35. The zero-order valence-corrected chi connectivity index (χ0v) is 15.0. The average molecular weight is 398 g/mol. The van der Waals surface area contributed by atoms with E-state index >= 15 is 0 Å². The number of rotatable bonds is 0. The Kier molecular flexibility index (Phi) is 7.43. The van der Waals surface area contributed by atoms with E-state index in [1.807, 2.05) is 19.9 Å². The van der Waals surface area contributed by atoms with Crippen LogP contribution in [-0.4, -0.2) is 38.3 Å². The van der Waals surface area contributed by atoms with Gasteiger partial charge in [-0.2, -0.15) is 41.6 Å². The van der Waals surface area contributed by atoms with Gasteiger partial charge >= 0.3 is 12.4 Å². The Morgan fingerprint density at radius 2 is 1.44 bits per heavy atom. The molecule has 2 aromatic rings. The third-order valence-electron chi connectivity index (χ3n) is 3.08. The topological polar surface area (TPSA) is 81.8 Å². The van der Waals surface area contributed by atoms with Crippen molar-refractivity contribution in [3.8, 4) is 0 Å². The zero-order valence-electron chi connectivity index (χ0n) is 15.0. The van der Waals surface area contributed by atoms with Gasteiger partial charge in [0, 0.05) is 23.9 Å². The van der Waals surface area contributed by atoms with Gasteiger partial charge in [0.15, 0.2) is 5.69 Å². The molecule has 1 aliphatic heterocycles. The van der Waals surface area contributed by atoms with Crippen molar-refractivity contribution in [2.75, 3.05) is 0 Å². The Morgan fingerprint density at radius 1 is 0.889 bits per heavy atom. The number of hydrogen-bond acceptors (Lipinski definition) is 4. The maximum Gasteiger partial charge on any atom is 0.435 e. The van der Waals surface area contributed by atoms with Crippen LogP contribution in [0.5, 0.6) is 0 Å². The standard InChI is InChI=1S/C5H7F3N2.C5H5F3N2.C5H8N2/c2*1-3-2-4(10-9-3)5(6,7)8;1-4-3-5(2)7-6-4/h3,9H,2H2,1H3;2H,1H3,(H,9,10);3H,1-2H3,(H,6,7). The highest BCUT2D eigenvalue weighted by Crippen LogP contribution is 2.27. The number of hydrogen-bond donors (Lipinski definition) is 3. The molecule has 0 radical (unpaired) electrons. The largest absolute Gasteiger partial charge is 0.435 e. The number of aromatic amines is 2. The molecule has 6 nitrogen and oxygen atoms in total. The summed E-state index contributed by atoms with van der Waals surface area (Å²) in [6.07, 6.45) is -8.61. The lowest BCUT2D eigenvalue weighted by atomic mass is 10.2. The molecule has 152 valence electrons. The minimum Gasteiger partial charge on any atom is -0.307 e. The van der Waals surface area contributed by atoms with Crippen LogP contribution in [0.4, 0.5) is 26.3 Å². The second-order valence-electron chi connectivity index (χ2n) is 5.92. The van der Waals surface area contributed by atoms with Crippen molar-refractivity contribution in [3.05, 3.63) is 34.9 Å². The van der Waals surface area contributed by atoms with Gasteiger partial charge in [-0.25, -0.2) is 0 Å². The van der Waals surface area contributed by atoms with Crippen LogP contribution in [0, 0.1) is 20.8 Å². The third kappa shape index (κ3) is 8.13. The van der Waals surface area contributed by atoms with Gasteiger partial charge in [-0.3, -0.25) is 10.2 Å². The van der Waals surface area contributed by atoms with Gasteiger partial charge in [-0.15, -0.1) is 0 Å². The van der Waals surface area contributed by atoms with Crippen LogP contribution in [-0.2, 0) is 6.18 Å². The van der Waals surface area contributed by atoms with E-state index in [1.54, 1.807) is 6.92 Å². The Hall–Kier alpha value is -2.53. The van der Waals surface area contributed by atoms with Gasteiger partial charge in [0.25, 0.3) is 0 Å². The van der Waals surface area contributed by atoms with E-state index in [4.69, 9.17) is 0 Å². The molecule has 0 aromatic carbocycles. The molecule has 0 saturated heterocycles. The monoisotopic (exact) mass is 398 g/mol. The Morgan fingerprint density at radius 3 is 1.63 bits per heavy atom. The lowest BCUT2D eigenvalue weighted by Gasteiger charge is -2.03. The van der Waals surface area contributed by atoms with E-state index in [0.29, 0.717) is 5.69 Å². The number of nitrogens with zero attached hydrogens (tertiary/aromatic N) is 3. The lowest BCUT2D eigenvalue weighted by Crippen LogP contribution is -2.22. The van der Waals surface area contributed by atoms with E-state index in [-0.39, 0.29) is 12.5 Å². The summed E-state index contributed by atoms with van der Waals surface area (Å²) < 4.78 is 70.4. The summed E-state index contributed by atoms with van der Waals surface area (Å²) in [6, 6.07) is 2.77. The van der Waals surface area contributed by atoms with Crippen LogP contribution in [0.2, 0.25) is 0 Å². The molecule has 12 heteroatoms. The van der Waals surface area contributed by atoms with Crippen molar-refractivity contribution in [1.29, 1.82) is 0 Å². The number of alkyl halides is 6. The summed E-state index contributed by atoms with van der Waals surface area (Å²) in [5, 5.41) is 15.1. The quantitative estimate of drug-likeness (QED) is 0.586. The van der Waals surface area contributed by atoms with Gasteiger partial charge < -0.3 is 5.43 Å². The van der Waals surface area contributed by atoms with Crippen molar-refractivity contribution in [3.63, 3.8) is 0 Å². The number of halogens is 6. The molecule has 1 aliphatic rings. The fourth-order valence-corrected chi connectivity index (χ4v) is 1.87. The van der Waals surface area contributed by atoms with Crippen LogP contribution >= 0.6 is 0 Å². The number of aryl methyl sites for hydroxylation is 3. The first kappa shape index (κ1) is 22.5. The van der Waals surface area contributed by atoms with Crippen molar-refractivity contribution in [1.82, 2.24) is 25.8 Å². The van der Waals surface area contributed by atoms with Gasteiger partial charge in [0.05, 0.1) is 5.69 Å². The smallest absolute Gasteiger partial charge is 0.307 e. The molecule has 3 heterocycles. The summed E-state index contributed by atoms with van der Waals surface area (Å²) in [4.78, 5) is 0. The third-order valence-corrected chi connectivity index (χ3v) is 3.08. The number of aromatic nitrogens is 4. The lowest BCUT2D eigenvalue weighted by molar-refractivity contribution is -0.141. The summed E-state index contributed by atoms with van der Waals surface area (Å²) in [7, 11) is 0. The molecule has 0 spiro atoms. The van der Waals surface area contributed by atoms with Crippen LogP contribution in [0.3, 0.4) is 0 Å². The van der Waals surface area contributed by atoms with Gasteiger partial charge in [0.1, 0.15) is 5.71 Å². The minimum atomic E-state index is -4.33. The van der Waals surface area contributed by atoms with Crippen LogP contribution in [0.1, 0.15) is 36.1 Å². The van der Waals surface area contributed by atoms with Crippen molar-refractivity contribution in [2.45, 2.75) is 52.5 Å². The first-order valence-corrected chi connectivity index (χ1v) is 7.76. The second-order valence-corrected chi connectivity index (χ2v) is 5.92. The first-order chi connectivity index (χ1) is 12.3. The molecule has 0 amide bonds. The highest BCUT2D eigenvalue weighted by Gasteiger charge is 2.38. The molecule has 3 rings (SSSR count). The molecule has 0 fully saturated rings. The number of hydrazone groups is 1. The first-order valence-electron chi connectivity index (χ1n) is 7.76. The molecule has 1 unspecified atom stereocenters. The van der Waals surface area contributed by atoms with Crippen LogP contribution in [0.25, 0.3) is 0 Å². The van der Waals surface area contributed by atoms with E-state index in [0.717, 1.165) is 17.5 Å². The van der Waals surface area contributed by atoms with Crippen molar-refractivity contribution < 1.29 is 26.3 Å². The Balaban J connectivity index is 0.000000206. The molecule has 27 heavy (non-hydrogen) atoms. The second kappa shape index (κ2) is 8.91.